The van der Waals surface area contributed by atoms with Crippen LogP contribution in [0.3, 0.4) is 0 Å². The third-order valence-corrected chi connectivity index (χ3v) is 25.9. The van der Waals surface area contributed by atoms with Crippen molar-refractivity contribution in [3.8, 4) is 0 Å². The minimum absolute atomic E-state index is 0.122. The van der Waals surface area contributed by atoms with Crippen molar-refractivity contribution in [3.05, 3.63) is 140 Å². The van der Waals surface area contributed by atoms with Gasteiger partial charge in [-0.05, 0) is 182 Å². The Morgan fingerprint density at radius 3 is 0.857 bits per heavy atom. The number of aryl methyl sites for hydroxylation is 8. The monoisotopic (exact) mass is 1270 g/mol. The molecule has 0 aromatic heterocycles. The van der Waals surface area contributed by atoms with Crippen LogP contribution in [0.1, 0.15) is 162 Å². The first-order valence-corrected chi connectivity index (χ1v) is 39.1. The highest BCUT2D eigenvalue weighted by Gasteiger charge is 2.47. The number of anilines is 4. The maximum atomic E-state index is 14.6. The molecule has 0 radical (unpaired) electrons. The van der Waals surface area contributed by atoms with E-state index in [1.54, 1.807) is 9.80 Å². The molecule has 0 saturated carbocycles. The second-order valence-electron chi connectivity index (χ2n) is 25.8. The Kier molecular flexibility index (Phi) is 21.9. The van der Waals surface area contributed by atoms with Crippen molar-refractivity contribution in [2.75, 3.05) is 32.7 Å². The predicted molar refractivity (Wildman–Crippen MR) is 361 cm³/mol. The fourth-order valence-corrected chi connectivity index (χ4v) is 23.0. The average molecular weight is 1270 g/mol. The van der Waals surface area contributed by atoms with Crippen LogP contribution >= 0.6 is 0 Å². The van der Waals surface area contributed by atoms with E-state index in [2.05, 4.69) is 74.7 Å². The van der Waals surface area contributed by atoms with Gasteiger partial charge in [-0.3, -0.25) is 47.9 Å². The Morgan fingerprint density at radius 1 is 0.407 bits per heavy atom. The van der Waals surface area contributed by atoms with E-state index in [9.17, 15) is 47.9 Å². The topological polar surface area (TPSA) is 199 Å². The van der Waals surface area contributed by atoms with Gasteiger partial charge in [0.25, 0.3) is 35.4 Å². The van der Waals surface area contributed by atoms with Crippen LogP contribution in [0.15, 0.2) is 72.8 Å². The van der Waals surface area contributed by atoms with E-state index in [4.69, 9.17) is 4.12 Å². The molecular formula is C72H92N6O11Si2. The molecule has 484 valence electrons. The predicted octanol–water partition coefficient (Wildman–Crippen LogP) is 11.1. The normalized spacial score (nSPS) is 17.0. The zero-order valence-corrected chi connectivity index (χ0v) is 58.0. The molecule has 0 spiro atoms. The second kappa shape index (κ2) is 28.8. The summed E-state index contributed by atoms with van der Waals surface area (Å²) in [5.74, 6) is -3.50. The molecule has 2 saturated heterocycles. The number of rotatable bonds is 28. The molecule has 2 fully saturated rings. The molecule has 0 N–H and O–H groups in total. The minimum Gasteiger partial charge on any atom is -0.455 e. The number of carbonyl (C=O) groups is 10. The van der Waals surface area contributed by atoms with Gasteiger partial charge in [0.05, 0.1) is 35.6 Å². The van der Waals surface area contributed by atoms with Crippen LogP contribution in [-0.2, 0) is 116 Å². The molecule has 91 heavy (non-hydrogen) atoms. The molecule has 17 nitrogen and oxygen atoms in total. The molecule has 19 heteroatoms. The number of nitrogens with zero attached hydrogens (tertiary/aromatic N) is 6. The molecule has 0 aliphatic carbocycles. The van der Waals surface area contributed by atoms with E-state index in [1.807, 2.05) is 55.4 Å². The molecule has 0 bridgehead atoms. The van der Waals surface area contributed by atoms with Gasteiger partial charge in [-0.2, -0.15) is 0 Å². The lowest BCUT2D eigenvalue weighted by Crippen LogP contribution is -2.48. The summed E-state index contributed by atoms with van der Waals surface area (Å²) in [6.45, 7) is 28.1. The average Bonchev–Trinajstić information content (AvgIpc) is 1.83. The van der Waals surface area contributed by atoms with Gasteiger partial charge in [0.2, 0.25) is 23.6 Å². The van der Waals surface area contributed by atoms with Gasteiger partial charge in [-0.15, -0.1) is 0 Å². The van der Waals surface area contributed by atoms with Crippen LogP contribution in [0.4, 0.5) is 22.7 Å². The first kappa shape index (κ1) is 69.1. The van der Waals surface area contributed by atoms with Gasteiger partial charge in [0.15, 0.2) is 16.6 Å². The van der Waals surface area contributed by atoms with E-state index in [1.165, 1.54) is 57.8 Å². The number of hydrogen-bond acceptors (Lipinski definition) is 11. The van der Waals surface area contributed by atoms with Gasteiger partial charge in [0.1, 0.15) is 12.1 Å². The summed E-state index contributed by atoms with van der Waals surface area (Å²) in [7, 11) is -4.80. The molecule has 4 aromatic carbocycles. The summed E-state index contributed by atoms with van der Waals surface area (Å²) in [6, 6.07) is 15.9. The Balaban J connectivity index is 0.885. The van der Waals surface area contributed by atoms with Gasteiger partial charge in [-0.1, -0.05) is 104 Å². The van der Waals surface area contributed by atoms with Crippen LogP contribution in [0.25, 0.3) is 0 Å². The molecule has 10 amide bonds. The first-order valence-electron chi connectivity index (χ1n) is 32.9. The molecule has 4 aromatic rings. The fourth-order valence-electron chi connectivity index (χ4n) is 14.2. The standard InChI is InChI=1S/C72H92N6O11Si2/c1-15-51-35-47(36-52(16-2)67(51)75-61(81)25-26-62(75)82)33-49-39-55(19-5)69(56(20-6)40-49)77-65(85)43-59(71(77)87)73(45(9)79)29-23-31-90(11,12)89-91(13,14)32-24-30-74(46(10)80)60-44-66(86)78(72(60)88)70-57(21-7)41-50(42-58(70)22-8)34-48-37-53(17-3)68(54(18-4)38-48)76-63(83)27-28-64(76)84/h25-28,35-42,59-60H,15-24,29-34,43-44H2,1-14H3. The molecular weight excluding hydrogens is 1180 g/mol. The van der Waals surface area contributed by atoms with E-state index in [0.717, 1.165) is 66.8 Å². The van der Waals surface area contributed by atoms with Gasteiger partial charge >= 0.3 is 0 Å². The summed E-state index contributed by atoms with van der Waals surface area (Å²) in [5.41, 5.74) is 13.6. The van der Waals surface area contributed by atoms with Crippen LogP contribution in [-0.4, -0.2) is 111 Å². The maximum Gasteiger partial charge on any atom is 0.258 e. The summed E-state index contributed by atoms with van der Waals surface area (Å²) >= 11 is 0. The Bertz CT molecular complexity index is 3310. The Labute approximate surface area is 539 Å². The number of amides is 10. The quantitative estimate of drug-likeness (QED) is 0.0387. The fraction of sp³-hybridized carbons (Fsp3) is 0.472. The largest absolute Gasteiger partial charge is 0.455 e. The van der Waals surface area contributed by atoms with Gasteiger partial charge in [0, 0.05) is 51.2 Å². The maximum absolute atomic E-state index is 14.6. The Hall–Kier alpha value is -7.75. The van der Waals surface area contributed by atoms with Crippen molar-refractivity contribution in [1.82, 2.24) is 9.80 Å². The van der Waals surface area contributed by atoms with Crippen molar-refractivity contribution >= 4 is 98.5 Å². The zero-order valence-electron chi connectivity index (χ0n) is 56.0. The third kappa shape index (κ3) is 14.6. The zero-order chi connectivity index (χ0) is 66.6. The van der Waals surface area contributed by atoms with Crippen molar-refractivity contribution in [2.24, 2.45) is 0 Å². The molecule has 4 aliphatic rings. The highest BCUT2D eigenvalue weighted by molar-refractivity contribution is 6.84. The SMILES string of the molecule is CCc1cc(Cc2cc(CC)c(N3C(=O)CC(N(CCC[Si](C)(C)O[Si](C)(C)CCCN(C(C)=O)C4CC(=O)N(c5c(CC)cc(Cc6cc(CC)c(N7C(=O)C=CC7=O)c(CC)c6)cc5CC)C4=O)C(C)=O)C3=O)c(CC)c2)cc(CC)c1N1C(=O)C=CC1=O. The van der Waals surface area contributed by atoms with Crippen LogP contribution in [0.2, 0.25) is 38.3 Å². The molecule has 2 unspecified atom stereocenters. The van der Waals surface area contributed by atoms with E-state index < -0.39 is 40.5 Å². The lowest BCUT2D eigenvalue weighted by molar-refractivity contribution is -0.136. The minimum atomic E-state index is -2.40. The van der Waals surface area contributed by atoms with Gasteiger partial charge < -0.3 is 13.9 Å². The lowest BCUT2D eigenvalue weighted by Gasteiger charge is -2.35. The number of carbonyl (C=O) groups excluding carboxylic acids is 10. The van der Waals surface area contributed by atoms with Crippen molar-refractivity contribution < 1.29 is 52.1 Å². The number of benzene rings is 4. The molecule has 4 heterocycles. The number of hydrogen-bond donors (Lipinski definition) is 0. The highest BCUT2D eigenvalue weighted by Crippen LogP contribution is 2.40. The van der Waals surface area contributed by atoms with Crippen molar-refractivity contribution in [2.45, 2.75) is 209 Å². The second-order valence-corrected chi connectivity index (χ2v) is 34.6. The van der Waals surface area contributed by atoms with Crippen LogP contribution < -0.4 is 19.6 Å². The van der Waals surface area contributed by atoms with Crippen molar-refractivity contribution in [3.63, 3.8) is 0 Å². The van der Waals surface area contributed by atoms with Crippen LogP contribution in [0.5, 0.6) is 0 Å². The molecule has 2 atom stereocenters. The molecule has 4 aliphatic heterocycles. The van der Waals surface area contributed by atoms with E-state index >= 15 is 0 Å². The smallest absolute Gasteiger partial charge is 0.258 e. The molecule has 8 rings (SSSR count). The highest BCUT2D eigenvalue weighted by atomic mass is 28.4. The Morgan fingerprint density at radius 2 is 0.637 bits per heavy atom. The summed E-state index contributed by atoms with van der Waals surface area (Å²) in [6.07, 6.45) is 11.9. The van der Waals surface area contributed by atoms with E-state index in [0.29, 0.717) is 112 Å². The summed E-state index contributed by atoms with van der Waals surface area (Å²) in [4.78, 5) is 144. The van der Waals surface area contributed by atoms with Crippen molar-refractivity contribution in [1.29, 1.82) is 0 Å². The summed E-state index contributed by atoms with van der Waals surface area (Å²) in [5, 5.41) is 0. The lowest BCUT2D eigenvalue weighted by atomic mass is 9.92. The van der Waals surface area contributed by atoms with Crippen LogP contribution in [0, 0.1) is 0 Å². The number of imide groups is 4. The first-order chi connectivity index (χ1) is 43.2. The third-order valence-electron chi connectivity index (χ3n) is 18.4. The van der Waals surface area contributed by atoms with Gasteiger partial charge in [-0.25, -0.2) is 19.6 Å². The van der Waals surface area contributed by atoms with E-state index in [-0.39, 0.29) is 73.2 Å². The summed E-state index contributed by atoms with van der Waals surface area (Å²) < 4.78 is 7.05.